The molecule has 0 saturated carbocycles. The third-order valence-corrected chi connectivity index (χ3v) is 4.54. The zero-order valence-corrected chi connectivity index (χ0v) is 16.0. The van der Waals surface area contributed by atoms with Crippen LogP contribution in [0.3, 0.4) is 0 Å². The van der Waals surface area contributed by atoms with Gasteiger partial charge in [-0.25, -0.2) is 0 Å². The Balaban J connectivity index is 0.00000289. The van der Waals surface area contributed by atoms with E-state index in [-0.39, 0.29) is 23.9 Å². The molecule has 0 spiro atoms. The molecule has 0 fully saturated rings. The van der Waals surface area contributed by atoms with Crippen LogP contribution in [0.1, 0.15) is 75.3 Å². The summed E-state index contributed by atoms with van der Waals surface area (Å²) in [5, 5.41) is 2.44. The minimum atomic E-state index is 0. The van der Waals surface area contributed by atoms with Gasteiger partial charge in [0.05, 0.1) is 0 Å². The van der Waals surface area contributed by atoms with Gasteiger partial charge in [-0.1, -0.05) is 40.0 Å². The van der Waals surface area contributed by atoms with E-state index in [1.807, 2.05) is 11.3 Å². The Morgan fingerprint density at radius 1 is 0.833 bits per heavy atom. The molecule has 4 radical (unpaired) electrons. The Kier molecular flexibility index (Phi) is 11.6. The van der Waals surface area contributed by atoms with Crippen molar-refractivity contribution in [2.75, 3.05) is 0 Å². The van der Waals surface area contributed by atoms with E-state index in [2.05, 4.69) is 26.2 Å². The van der Waals surface area contributed by atoms with Gasteiger partial charge in [0.25, 0.3) is 0 Å². The van der Waals surface area contributed by atoms with E-state index >= 15 is 0 Å². The summed E-state index contributed by atoms with van der Waals surface area (Å²) in [4.78, 5) is 1.69. The van der Waals surface area contributed by atoms with Gasteiger partial charge >= 0.3 is 0 Å². The molecule has 1 aromatic heterocycles. The summed E-state index contributed by atoms with van der Waals surface area (Å²) >= 11 is 2.02. The van der Waals surface area contributed by atoms with Gasteiger partial charge in [-0.3, -0.25) is 0 Å². The van der Waals surface area contributed by atoms with Crippen LogP contribution in [0, 0.1) is 0 Å². The Bertz CT molecular complexity index is 279. The number of hydrogen-bond acceptors (Lipinski definition) is 1. The number of thiophene rings is 1. The van der Waals surface area contributed by atoms with E-state index in [9.17, 15) is 0 Å². The van der Waals surface area contributed by atoms with Gasteiger partial charge in [-0.15, -0.1) is 11.3 Å². The van der Waals surface area contributed by atoms with Crippen molar-refractivity contribution in [1.29, 1.82) is 0 Å². The average Bonchev–Trinajstić information content (AvgIpc) is 2.73. The molecule has 0 atom stereocenters. The predicted octanol–water partition coefficient (Wildman–Crippen LogP) is 5.40. The topological polar surface area (TPSA) is 0 Å². The molecule has 0 amide bonds. The summed E-state index contributed by atoms with van der Waals surface area (Å²) in [6.45, 7) is 6.87. The standard InChI is InChI=1S/C16H28S.Sn/c1-4-7-10-14-13-17-16(12-9-6-3)15(14)11-8-5-2;/h13H,4-12H2,1-3H3;. The van der Waals surface area contributed by atoms with Gasteiger partial charge in [0.15, 0.2) is 0 Å². The second-order valence-corrected chi connectivity index (χ2v) is 5.94. The number of rotatable bonds is 9. The molecule has 0 aliphatic carbocycles. The molecule has 1 rings (SSSR count). The van der Waals surface area contributed by atoms with E-state index in [1.165, 1.54) is 57.8 Å². The largest absolute Gasteiger partial charge is 0.148 e. The Morgan fingerprint density at radius 2 is 1.39 bits per heavy atom. The smallest absolute Gasteiger partial charge is 0.00800 e. The van der Waals surface area contributed by atoms with Crippen LogP contribution in [-0.2, 0) is 19.3 Å². The van der Waals surface area contributed by atoms with Crippen molar-refractivity contribution in [3.8, 4) is 0 Å². The van der Waals surface area contributed by atoms with Crippen LogP contribution < -0.4 is 0 Å². The van der Waals surface area contributed by atoms with Crippen molar-refractivity contribution < 1.29 is 0 Å². The van der Waals surface area contributed by atoms with Crippen molar-refractivity contribution in [3.63, 3.8) is 0 Å². The summed E-state index contributed by atoms with van der Waals surface area (Å²) in [7, 11) is 0. The molecule has 0 unspecified atom stereocenters. The summed E-state index contributed by atoms with van der Waals surface area (Å²) in [5.41, 5.74) is 3.38. The van der Waals surface area contributed by atoms with Gasteiger partial charge in [0.2, 0.25) is 0 Å². The maximum Gasteiger partial charge on any atom is 0.00800 e. The second kappa shape index (κ2) is 11.3. The molecule has 0 saturated heterocycles. The number of hydrogen-bond donors (Lipinski definition) is 0. The summed E-state index contributed by atoms with van der Waals surface area (Å²) in [6.07, 6.45) is 11.9. The Labute approximate surface area is 135 Å². The fourth-order valence-electron chi connectivity index (χ4n) is 2.24. The van der Waals surface area contributed by atoms with Crippen molar-refractivity contribution in [3.05, 3.63) is 21.4 Å². The average molecular weight is 371 g/mol. The van der Waals surface area contributed by atoms with Crippen molar-refractivity contribution in [2.24, 2.45) is 0 Å². The maximum absolute atomic E-state index is 2.44. The molecule has 1 aromatic rings. The molecular formula is C16H28SSn. The molecule has 0 nitrogen and oxygen atoms in total. The third kappa shape index (κ3) is 6.10. The molecule has 1 heterocycles. The predicted molar refractivity (Wildman–Crippen MR) is 85.9 cm³/mol. The summed E-state index contributed by atoms with van der Waals surface area (Å²) in [6, 6.07) is 0. The maximum atomic E-state index is 2.44. The number of aryl methyl sites for hydroxylation is 2. The van der Waals surface area contributed by atoms with Gasteiger partial charge in [-0.2, -0.15) is 0 Å². The minimum Gasteiger partial charge on any atom is -0.148 e. The van der Waals surface area contributed by atoms with Crippen LogP contribution >= 0.6 is 11.3 Å². The Hall–Kier alpha value is 0.499. The molecule has 102 valence electrons. The first kappa shape index (κ1) is 18.5. The molecule has 2 heteroatoms. The summed E-state index contributed by atoms with van der Waals surface area (Å²) < 4.78 is 0. The van der Waals surface area contributed by atoms with Crippen LogP contribution in [0.5, 0.6) is 0 Å². The third-order valence-electron chi connectivity index (χ3n) is 3.41. The fourth-order valence-corrected chi connectivity index (χ4v) is 3.42. The zero-order chi connectivity index (χ0) is 12.5. The van der Waals surface area contributed by atoms with Crippen molar-refractivity contribution in [2.45, 2.75) is 78.6 Å². The van der Waals surface area contributed by atoms with Crippen LogP contribution in [0.25, 0.3) is 0 Å². The van der Waals surface area contributed by atoms with Crippen LogP contribution in [-0.4, -0.2) is 23.9 Å². The Morgan fingerprint density at radius 3 is 2.00 bits per heavy atom. The minimum absolute atomic E-state index is 0. The van der Waals surface area contributed by atoms with E-state index < -0.39 is 0 Å². The summed E-state index contributed by atoms with van der Waals surface area (Å²) in [5.74, 6) is 0. The first-order chi connectivity index (χ1) is 8.33. The zero-order valence-electron chi connectivity index (χ0n) is 12.3. The SMILES string of the molecule is CCCCc1csc(CCCC)c1CCCC.[Sn]. The van der Waals surface area contributed by atoms with Crippen LogP contribution in [0.2, 0.25) is 0 Å². The molecule has 0 bridgehead atoms. The molecule has 0 aromatic carbocycles. The van der Waals surface area contributed by atoms with Gasteiger partial charge in [0, 0.05) is 28.8 Å². The van der Waals surface area contributed by atoms with Gasteiger partial charge < -0.3 is 0 Å². The first-order valence-electron chi connectivity index (χ1n) is 7.41. The van der Waals surface area contributed by atoms with Crippen LogP contribution in [0.15, 0.2) is 5.38 Å². The normalized spacial score (nSPS) is 10.4. The van der Waals surface area contributed by atoms with Crippen molar-refractivity contribution >= 4 is 35.2 Å². The molecular weight excluding hydrogens is 343 g/mol. The van der Waals surface area contributed by atoms with E-state index in [0.717, 1.165) is 0 Å². The quantitative estimate of drug-likeness (QED) is 0.511. The van der Waals surface area contributed by atoms with E-state index in [4.69, 9.17) is 0 Å². The van der Waals surface area contributed by atoms with E-state index in [1.54, 1.807) is 16.0 Å². The number of unbranched alkanes of at least 4 members (excludes halogenated alkanes) is 3. The van der Waals surface area contributed by atoms with Gasteiger partial charge in [-0.05, 0) is 55.0 Å². The second-order valence-electron chi connectivity index (χ2n) is 4.97. The van der Waals surface area contributed by atoms with Gasteiger partial charge in [0.1, 0.15) is 0 Å². The fraction of sp³-hybridized carbons (Fsp3) is 0.750. The molecule has 0 aliphatic heterocycles. The molecule has 0 aliphatic rings. The molecule has 18 heavy (non-hydrogen) atoms. The van der Waals surface area contributed by atoms with Crippen molar-refractivity contribution in [1.82, 2.24) is 0 Å². The molecule has 0 N–H and O–H groups in total. The monoisotopic (exact) mass is 372 g/mol. The van der Waals surface area contributed by atoms with Crippen LogP contribution in [0.4, 0.5) is 0 Å². The first-order valence-corrected chi connectivity index (χ1v) is 8.29. The van der Waals surface area contributed by atoms with E-state index in [0.29, 0.717) is 0 Å².